The van der Waals surface area contributed by atoms with Crippen LogP contribution in [0.5, 0.6) is 0 Å². The molecule has 1 amide bonds. The molecule has 0 aliphatic carbocycles. The van der Waals surface area contributed by atoms with Crippen molar-refractivity contribution in [2.75, 3.05) is 37.6 Å². The Labute approximate surface area is 139 Å². The van der Waals surface area contributed by atoms with Crippen LogP contribution in [-0.4, -0.2) is 55.1 Å². The standard InChI is InChI=1S/C18H30N4O/c1-14(2)21-9-11-22(12-10-21)16-7-5-15(6-8-16)17(23)20-18(3,4)13-19/h5-8,14H,9-13,19H2,1-4H3,(H,20,23). The topological polar surface area (TPSA) is 61.6 Å². The van der Waals surface area contributed by atoms with Gasteiger partial charge in [-0.25, -0.2) is 0 Å². The maximum atomic E-state index is 12.2. The van der Waals surface area contributed by atoms with Crippen LogP contribution < -0.4 is 16.0 Å². The van der Waals surface area contributed by atoms with Crippen LogP contribution in [0.15, 0.2) is 24.3 Å². The zero-order valence-electron chi connectivity index (χ0n) is 14.8. The molecule has 1 aliphatic heterocycles. The van der Waals surface area contributed by atoms with Crippen molar-refractivity contribution in [2.45, 2.75) is 39.3 Å². The first-order chi connectivity index (χ1) is 10.8. The van der Waals surface area contributed by atoms with Gasteiger partial charge in [0.1, 0.15) is 0 Å². The molecule has 128 valence electrons. The van der Waals surface area contributed by atoms with Crippen LogP contribution in [0.4, 0.5) is 5.69 Å². The first kappa shape index (κ1) is 17.8. The van der Waals surface area contributed by atoms with Crippen LogP contribution in [0.3, 0.4) is 0 Å². The van der Waals surface area contributed by atoms with Crippen LogP contribution in [0, 0.1) is 0 Å². The summed E-state index contributed by atoms with van der Waals surface area (Å²) in [5.41, 5.74) is 7.14. The first-order valence-electron chi connectivity index (χ1n) is 8.44. The highest BCUT2D eigenvalue weighted by atomic mass is 16.1. The number of amides is 1. The number of carbonyl (C=O) groups is 1. The van der Waals surface area contributed by atoms with E-state index >= 15 is 0 Å². The van der Waals surface area contributed by atoms with Crippen molar-refractivity contribution in [3.63, 3.8) is 0 Å². The number of nitrogens with zero attached hydrogens (tertiary/aromatic N) is 2. The number of anilines is 1. The second kappa shape index (κ2) is 7.32. The number of piperazine rings is 1. The SMILES string of the molecule is CC(C)N1CCN(c2ccc(C(=O)NC(C)(C)CN)cc2)CC1. The summed E-state index contributed by atoms with van der Waals surface area (Å²) in [6.45, 7) is 13.0. The molecule has 0 atom stereocenters. The fourth-order valence-electron chi connectivity index (χ4n) is 2.75. The summed E-state index contributed by atoms with van der Waals surface area (Å²) >= 11 is 0. The molecule has 0 radical (unpaired) electrons. The lowest BCUT2D eigenvalue weighted by Gasteiger charge is -2.38. The number of carbonyl (C=O) groups excluding carboxylic acids is 1. The Morgan fingerprint density at radius 3 is 2.22 bits per heavy atom. The van der Waals surface area contributed by atoms with Gasteiger partial charge in [0, 0.05) is 55.6 Å². The molecular weight excluding hydrogens is 288 g/mol. The van der Waals surface area contributed by atoms with Gasteiger partial charge in [-0.2, -0.15) is 0 Å². The van der Waals surface area contributed by atoms with Gasteiger partial charge in [-0.05, 0) is 52.0 Å². The Kier molecular flexibility index (Phi) is 5.65. The molecule has 23 heavy (non-hydrogen) atoms. The Bertz CT molecular complexity index is 516. The molecule has 1 fully saturated rings. The molecule has 5 nitrogen and oxygen atoms in total. The second-order valence-corrected chi connectivity index (χ2v) is 7.21. The Morgan fingerprint density at radius 1 is 1.17 bits per heavy atom. The average Bonchev–Trinajstić information content (AvgIpc) is 2.54. The van der Waals surface area contributed by atoms with Gasteiger partial charge in [-0.1, -0.05) is 0 Å². The first-order valence-corrected chi connectivity index (χ1v) is 8.44. The van der Waals surface area contributed by atoms with Gasteiger partial charge in [0.15, 0.2) is 0 Å². The van der Waals surface area contributed by atoms with Crippen LogP contribution in [-0.2, 0) is 0 Å². The molecule has 2 rings (SSSR count). The molecule has 0 bridgehead atoms. The number of rotatable bonds is 5. The maximum absolute atomic E-state index is 12.2. The Morgan fingerprint density at radius 2 is 1.74 bits per heavy atom. The number of hydrogen-bond donors (Lipinski definition) is 2. The number of hydrogen-bond acceptors (Lipinski definition) is 4. The third kappa shape index (κ3) is 4.69. The molecule has 3 N–H and O–H groups in total. The molecule has 1 aliphatic rings. The van der Waals surface area contributed by atoms with Gasteiger partial charge in [0.05, 0.1) is 0 Å². The third-order valence-electron chi connectivity index (χ3n) is 4.50. The van der Waals surface area contributed by atoms with E-state index in [1.807, 2.05) is 38.1 Å². The summed E-state index contributed by atoms with van der Waals surface area (Å²) in [5.74, 6) is -0.0726. The monoisotopic (exact) mass is 318 g/mol. The molecule has 0 spiro atoms. The van der Waals surface area contributed by atoms with Gasteiger partial charge in [-0.15, -0.1) is 0 Å². The molecular formula is C18H30N4O. The van der Waals surface area contributed by atoms with Crippen molar-refractivity contribution in [2.24, 2.45) is 5.73 Å². The van der Waals surface area contributed by atoms with E-state index < -0.39 is 0 Å². The third-order valence-corrected chi connectivity index (χ3v) is 4.50. The zero-order chi connectivity index (χ0) is 17.0. The summed E-state index contributed by atoms with van der Waals surface area (Å²) in [6.07, 6.45) is 0. The Hall–Kier alpha value is -1.59. The lowest BCUT2D eigenvalue weighted by atomic mass is 10.0. The smallest absolute Gasteiger partial charge is 0.251 e. The van der Waals surface area contributed by atoms with E-state index in [0.717, 1.165) is 26.2 Å². The zero-order valence-corrected chi connectivity index (χ0v) is 14.8. The van der Waals surface area contributed by atoms with E-state index in [-0.39, 0.29) is 11.4 Å². The minimum absolute atomic E-state index is 0.0726. The molecule has 1 aromatic rings. The molecule has 1 heterocycles. The number of nitrogens with two attached hydrogens (primary N) is 1. The normalized spacial score (nSPS) is 16.7. The molecule has 0 unspecified atom stereocenters. The van der Waals surface area contributed by atoms with E-state index in [4.69, 9.17) is 5.73 Å². The maximum Gasteiger partial charge on any atom is 0.251 e. The van der Waals surface area contributed by atoms with Gasteiger partial charge >= 0.3 is 0 Å². The van der Waals surface area contributed by atoms with Gasteiger partial charge < -0.3 is 16.0 Å². The van der Waals surface area contributed by atoms with E-state index in [9.17, 15) is 4.79 Å². The van der Waals surface area contributed by atoms with Crippen molar-refractivity contribution in [3.05, 3.63) is 29.8 Å². The second-order valence-electron chi connectivity index (χ2n) is 7.21. The van der Waals surface area contributed by atoms with Crippen molar-refractivity contribution >= 4 is 11.6 Å². The molecule has 0 aromatic heterocycles. The number of nitrogens with one attached hydrogen (secondary N) is 1. The lowest BCUT2D eigenvalue weighted by Crippen LogP contribution is -2.49. The summed E-state index contributed by atoms with van der Waals surface area (Å²) in [7, 11) is 0. The lowest BCUT2D eigenvalue weighted by molar-refractivity contribution is 0.0915. The summed E-state index contributed by atoms with van der Waals surface area (Å²) in [6, 6.07) is 8.47. The van der Waals surface area contributed by atoms with Crippen LogP contribution >= 0.6 is 0 Å². The fraction of sp³-hybridized carbons (Fsp3) is 0.611. The van der Waals surface area contributed by atoms with Crippen molar-refractivity contribution in [1.29, 1.82) is 0 Å². The van der Waals surface area contributed by atoms with Gasteiger partial charge in [-0.3, -0.25) is 9.69 Å². The Balaban J connectivity index is 1.96. The predicted molar refractivity (Wildman–Crippen MR) is 96.0 cm³/mol. The van der Waals surface area contributed by atoms with Gasteiger partial charge in [0.25, 0.3) is 5.91 Å². The fourth-order valence-corrected chi connectivity index (χ4v) is 2.75. The van der Waals surface area contributed by atoms with Crippen molar-refractivity contribution in [1.82, 2.24) is 10.2 Å². The predicted octanol–water partition coefficient (Wildman–Crippen LogP) is 1.68. The summed E-state index contributed by atoms with van der Waals surface area (Å²) in [4.78, 5) is 17.1. The summed E-state index contributed by atoms with van der Waals surface area (Å²) in [5, 5.41) is 2.96. The van der Waals surface area contributed by atoms with Gasteiger partial charge in [0.2, 0.25) is 0 Å². The minimum atomic E-state index is -0.386. The highest BCUT2D eigenvalue weighted by Gasteiger charge is 2.21. The minimum Gasteiger partial charge on any atom is -0.369 e. The van der Waals surface area contributed by atoms with Crippen LogP contribution in [0.25, 0.3) is 0 Å². The van der Waals surface area contributed by atoms with Crippen molar-refractivity contribution < 1.29 is 4.79 Å². The van der Waals surface area contributed by atoms with E-state index in [2.05, 4.69) is 29.0 Å². The molecule has 5 heteroatoms. The van der Waals surface area contributed by atoms with Crippen LogP contribution in [0.2, 0.25) is 0 Å². The highest BCUT2D eigenvalue weighted by Crippen LogP contribution is 2.18. The average molecular weight is 318 g/mol. The molecule has 1 saturated heterocycles. The van der Waals surface area contributed by atoms with E-state index in [1.54, 1.807) is 0 Å². The quantitative estimate of drug-likeness (QED) is 0.867. The largest absolute Gasteiger partial charge is 0.369 e. The van der Waals surface area contributed by atoms with E-state index in [0.29, 0.717) is 18.2 Å². The molecule has 1 aromatic carbocycles. The summed E-state index contributed by atoms with van der Waals surface area (Å²) < 4.78 is 0. The van der Waals surface area contributed by atoms with Crippen molar-refractivity contribution in [3.8, 4) is 0 Å². The number of benzene rings is 1. The van der Waals surface area contributed by atoms with Crippen LogP contribution in [0.1, 0.15) is 38.1 Å². The highest BCUT2D eigenvalue weighted by molar-refractivity contribution is 5.95. The van der Waals surface area contributed by atoms with E-state index in [1.165, 1.54) is 5.69 Å². The molecule has 0 saturated carbocycles.